The highest BCUT2D eigenvalue weighted by Crippen LogP contribution is 2.59. The lowest BCUT2D eigenvalue weighted by Crippen LogP contribution is -2.04. The molecule has 0 fully saturated rings. The minimum absolute atomic E-state index is 0.00133. The molecule has 1 unspecified atom stereocenters. The number of rotatable bonds is 6. The molecule has 0 aliphatic carbocycles. The summed E-state index contributed by atoms with van der Waals surface area (Å²) in [5, 5.41) is 0. The van der Waals surface area contributed by atoms with Crippen LogP contribution in [0.2, 0.25) is 0 Å². The van der Waals surface area contributed by atoms with Crippen molar-refractivity contribution in [1.29, 1.82) is 0 Å². The van der Waals surface area contributed by atoms with Crippen LogP contribution in [-0.2, 0) is 13.4 Å². The Morgan fingerprint density at radius 2 is 1.38 bits per heavy atom. The lowest BCUT2D eigenvalue weighted by atomic mass is 9.93. The normalized spacial score (nSPS) is 14.0. The molecule has 0 radical (unpaired) electrons. The summed E-state index contributed by atoms with van der Waals surface area (Å²) in [4.78, 5) is 27.3. The highest BCUT2D eigenvalue weighted by Gasteiger charge is 2.35. The van der Waals surface area contributed by atoms with E-state index in [0.29, 0.717) is 28.0 Å². The van der Waals surface area contributed by atoms with E-state index in [9.17, 15) is 14.0 Å². The zero-order valence-corrected chi connectivity index (χ0v) is 16.5. The highest BCUT2D eigenvalue weighted by molar-refractivity contribution is 7.60. The van der Waals surface area contributed by atoms with Crippen LogP contribution in [0, 0.1) is 20.8 Å². The second kappa shape index (κ2) is 7.53. The van der Waals surface area contributed by atoms with Crippen molar-refractivity contribution in [3.05, 3.63) is 47.0 Å². The lowest BCUT2D eigenvalue weighted by Gasteiger charge is -2.23. The Kier molecular flexibility index (Phi) is 5.98. The van der Waals surface area contributed by atoms with Gasteiger partial charge in [-0.1, -0.05) is 30.3 Å². The Bertz CT molecular complexity index is 904. The second-order valence-corrected chi connectivity index (χ2v) is 8.36. The SMILES string of the molecule is COc1c(C)c(C)c(OP(=O)(O)OP(=O)(O)O)c(C)c1-c1ccccc1. The number of hydrogen-bond acceptors (Lipinski definition) is 5. The first-order valence-corrected chi connectivity index (χ1v) is 10.5. The quantitative estimate of drug-likeness (QED) is 0.623. The fraction of sp³-hybridized carbons (Fsp3) is 0.250. The van der Waals surface area contributed by atoms with Gasteiger partial charge in [0.2, 0.25) is 0 Å². The minimum Gasteiger partial charge on any atom is -0.496 e. The van der Waals surface area contributed by atoms with Gasteiger partial charge in [-0.05, 0) is 37.5 Å². The van der Waals surface area contributed by atoms with Gasteiger partial charge in [0.05, 0.1) is 7.11 Å². The number of phosphoric acid groups is 2. The fourth-order valence-corrected chi connectivity index (χ4v) is 4.42. The molecule has 0 aliphatic heterocycles. The summed E-state index contributed by atoms with van der Waals surface area (Å²) in [5.74, 6) is 0.573. The predicted octanol–water partition coefficient (Wildman–Crippen LogP) is 3.88. The van der Waals surface area contributed by atoms with Crippen LogP contribution in [0.4, 0.5) is 0 Å². The first kappa shape index (κ1) is 20.6. The number of phosphoric ester groups is 1. The van der Waals surface area contributed by atoms with Crippen LogP contribution in [0.3, 0.4) is 0 Å². The van der Waals surface area contributed by atoms with E-state index in [1.807, 2.05) is 30.3 Å². The molecule has 0 aromatic heterocycles. The molecule has 3 N–H and O–H groups in total. The van der Waals surface area contributed by atoms with Gasteiger partial charge in [-0.15, -0.1) is 0 Å². The molecule has 0 heterocycles. The topological polar surface area (TPSA) is 123 Å². The molecule has 1 atom stereocenters. The molecule has 0 saturated heterocycles. The zero-order chi connectivity index (χ0) is 19.7. The first-order valence-electron chi connectivity index (χ1n) is 7.49. The van der Waals surface area contributed by atoms with Crippen LogP contribution >= 0.6 is 15.6 Å². The number of benzene rings is 2. The van der Waals surface area contributed by atoms with Gasteiger partial charge in [0.15, 0.2) is 0 Å². The van der Waals surface area contributed by atoms with Gasteiger partial charge >= 0.3 is 15.6 Å². The average Bonchev–Trinajstić information content (AvgIpc) is 2.53. The van der Waals surface area contributed by atoms with Crippen molar-refractivity contribution in [3.8, 4) is 22.6 Å². The fourth-order valence-electron chi connectivity index (χ4n) is 2.70. The van der Waals surface area contributed by atoms with Crippen molar-refractivity contribution >= 4 is 15.6 Å². The third-order valence-corrected chi connectivity index (χ3v) is 5.96. The third kappa shape index (κ3) is 4.54. The van der Waals surface area contributed by atoms with Gasteiger partial charge in [-0.25, -0.2) is 9.13 Å². The molecule has 0 amide bonds. The van der Waals surface area contributed by atoms with E-state index in [-0.39, 0.29) is 5.75 Å². The van der Waals surface area contributed by atoms with Crippen molar-refractivity contribution in [3.63, 3.8) is 0 Å². The molecule has 2 rings (SSSR count). The molecule has 0 spiro atoms. The van der Waals surface area contributed by atoms with Crippen LogP contribution in [-0.4, -0.2) is 21.8 Å². The van der Waals surface area contributed by atoms with E-state index in [1.165, 1.54) is 7.11 Å². The van der Waals surface area contributed by atoms with Gasteiger partial charge in [-0.2, -0.15) is 4.31 Å². The smallest absolute Gasteiger partial charge is 0.496 e. The van der Waals surface area contributed by atoms with Crippen LogP contribution in [0.5, 0.6) is 11.5 Å². The standard InChI is InChI=1S/C16H20O8P2/c1-10-11(2)16(22-4)14(13-8-6-5-7-9-13)12(3)15(10)23-26(20,21)24-25(17,18)19/h5-9H,1-4H3,(H,20,21)(H2,17,18,19). The minimum atomic E-state index is -5.21. The molecular weight excluding hydrogens is 382 g/mol. The molecule has 2 aromatic rings. The average molecular weight is 402 g/mol. The van der Waals surface area contributed by atoms with Crippen molar-refractivity contribution < 1.29 is 37.4 Å². The Morgan fingerprint density at radius 1 is 0.846 bits per heavy atom. The summed E-state index contributed by atoms with van der Waals surface area (Å²) in [5.41, 5.74) is 3.05. The van der Waals surface area contributed by atoms with Crippen LogP contribution < -0.4 is 9.26 Å². The Labute approximate surface area is 151 Å². The highest BCUT2D eigenvalue weighted by atomic mass is 31.3. The van der Waals surface area contributed by atoms with Gasteiger partial charge in [0, 0.05) is 11.1 Å². The van der Waals surface area contributed by atoms with Crippen LogP contribution in [0.25, 0.3) is 11.1 Å². The molecule has 0 bridgehead atoms. The first-order chi connectivity index (χ1) is 12.0. The van der Waals surface area contributed by atoms with Crippen LogP contribution in [0.1, 0.15) is 16.7 Å². The monoisotopic (exact) mass is 402 g/mol. The largest absolute Gasteiger partial charge is 0.536 e. The molecular formula is C16H20O8P2. The van der Waals surface area contributed by atoms with Crippen molar-refractivity contribution in [1.82, 2.24) is 0 Å². The summed E-state index contributed by atoms with van der Waals surface area (Å²) in [6, 6.07) is 9.19. The maximum Gasteiger partial charge on any atom is 0.536 e. The summed E-state index contributed by atoms with van der Waals surface area (Å²) >= 11 is 0. The zero-order valence-electron chi connectivity index (χ0n) is 14.7. The van der Waals surface area contributed by atoms with Gasteiger partial charge in [-0.3, -0.25) is 4.89 Å². The van der Waals surface area contributed by atoms with E-state index < -0.39 is 15.6 Å². The summed E-state index contributed by atoms with van der Waals surface area (Å²) in [6.07, 6.45) is 0. The Balaban J connectivity index is 2.67. The van der Waals surface area contributed by atoms with E-state index >= 15 is 0 Å². The summed E-state index contributed by atoms with van der Waals surface area (Å²) < 4.78 is 37.4. The van der Waals surface area contributed by atoms with Crippen molar-refractivity contribution in [2.24, 2.45) is 0 Å². The Hall–Kier alpha value is -1.66. The molecule has 8 nitrogen and oxygen atoms in total. The molecule has 26 heavy (non-hydrogen) atoms. The Morgan fingerprint density at radius 3 is 1.88 bits per heavy atom. The van der Waals surface area contributed by atoms with Crippen molar-refractivity contribution in [2.75, 3.05) is 7.11 Å². The van der Waals surface area contributed by atoms with E-state index in [0.717, 1.165) is 5.56 Å². The van der Waals surface area contributed by atoms with E-state index in [4.69, 9.17) is 19.0 Å². The summed E-state index contributed by atoms with van der Waals surface area (Å²) in [7, 11) is -8.75. The number of ether oxygens (including phenoxy) is 1. The molecule has 10 heteroatoms. The maximum absolute atomic E-state index is 12.0. The molecule has 0 saturated carbocycles. The van der Waals surface area contributed by atoms with Crippen molar-refractivity contribution in [2.45, 2.75) is 20.8 Å². The van der Waals surface area contributed by atoms with E-state index in [2.05, 4.69) is 4.31 Å². The molecule has 0 aliphatic rings. The molecule has 142 valence electrons. The second-order valence-electron chi connectivity index (χ2n) is 5.61. The third-order valence-electron chi connectivity index (χ3n) is 3.87. The van der Waals surface area contributed by atoms with E-state index in [1.54, 1.807) is 20.8 Å². The van der Waals surface area contributed by atoms with Gasteiger partial charge in [0.25, 0.3) is 0 Å². The summed E-state index contributed by atoms with van der Waals surface area (Å²) in [6.45, 7) is 5.05. The number of hydrogen-bond donors (Lipinski definition) is 3. The predicted molar refractivity (Wildman–Crippen MR) is 96.2 cm³/mol. The molecule has 2 aromatic carbocycles. The lowest BCUT2D eigenvalue weighted by molar-refractivity contribution is 0.229. The van der Waals surface area contributed by atoms with Gasteiger partial charge < -0.3 is 19.0 Å². The van der Waals surface area contributed by atoms with Gasteiger partial charge in [0.1, 0.15) is 11.5 Å². The van der Waals surface area contributed by atoms with Crippen LogP contribution in [0.15, 0.2) is 30.3 Å². The number of methoxy groups -OCH3 is 1. The maximum atomic E-state index is 12.0.